The monoisotopic (exact) mass is 274 g/mol. The van der Waals surface area contributed by atoms with Gasteiger partial charge in [0, 0.05) is 26.7 Å². The third-order valence-corrected chi connectivity index (χ3v) is 2.80. The summed E-state index contributed by atoms with van der Waals surface area (Å²) in [5.74, 6) is 0.362. The van der Waals surface area contributed by atoms with Gasteiger partial charge >= 0.3 is 5.97 Å². The fraction of sp³-hybridized carbons (Fsp3) is 0.929. The van der Waals surface area contributed by atoms with Crippen LogP contribution < -0.4 is 5.32 Å². The number of ether oxygens (including phenoxy) is 2. The smallest absolute Gasteiger partial charge is 0.324 e. The van der Waals surface area contributed by atoms with Crippen molar-refractivity contribution < 1.29 is 14.3 Å². The zero-order valence-electron chi connectivity index (χ0n) is 13.1. The van der Waals surface area contributed by atoms with E-state index in [4.69, 9.17) is 9.47 Å². The zero-order valence-corrected chi connectivity index (χ0v) is 13.1. The van der Waals surface area contributed by atoms with E-state index in [1.54, 1.807) is 7.11 Å². The molecule has 0 aromatic heterocycles. The Morgan fingerprint density at radius 1 is 1.26 bits per heavy atom. The molecule has 1 unspecified atom stereocenters. The molecule has 0 spiro atoms. The van der Waals surface area contributed by atoms with E-state index in [1.807, 2.05) is 0 Å². The lowest BCUT2D eigenvalue weighted by atomic mass is 10.2. The molecule has 0 heterocycles. The molecule has 5 nitrogen and oxygen atoms in total. The highest BCUT2D eigenvalue weighted by molar-refractivity contribution is 5.75. The van der Waals surface area contributed by atoms with Gasteiger partial charge in [0.15, 0.2) is 0 Å². The molecule has 1 N–H and O–H groups in total. The molecule has 19 heavy (non-hydrogen) atoms. The van der Waals surface area contributed by atoms with Crippen LogP contribution in [0, 0.1) is 5.92 Å². The van der Waals surface area contributed by atoms with Crippen molar-refractivity contribution in [1.29, 1.82) is 0 Å². The molecule has 0 fully saturated rings. The summed E-state index contributed by atoms with van der Waals surface area (Å²) in [5, 5.41) is 3.24. The second-order valence-electron chi connectivity index (χ2n) is 5.18. The van der Waals surface area contributed by atoms with Crippen LogP contribution in [-0.4, -0.2) is 63.9 Å². The lowest BCUT2D eigenvalue weighted by molar-refractivity contribution is -0.143. The summed E-state index contributed by atoms with van der Waals surface area (Å²) in [4.78, 5) is 14.0. The van der Waals surface area contributed by atoms with Gasteiger partial charge in [-0.05, 0) is 18.9 Å². The van der Waals surface area contributed by atoms with Crippen molar-refractivity contribution in [2.24, 2.45) is 5.92 Å². The lowest BCUT2D eigenvalue weighted by Crippen LogP contribution is -2.48. The van der Waals surface area contributed by atoms with Gasteiger partial charge in [0.2, 0.25) is 0 Å². The fourth-order valence-electron chi connectivity index (χ4n) is 1.94. The Morgan fingerprint density at radius 2 is 1.95 bits per heavy atom. The van der Waals surface area contributed by atoms with Gasteiger partial charge < -0.3 is 14.8 Å². The summed E-state index contributed by atoms with van der Waals surface area (Å²) in [5.41, 5.74) is 0. The van der Waals surface area contributed by atoms with Crippen LogP contribution in [0.25, 0.3) is 0 Å². The molecule has 0 aliphatic rings. The van der Waals surface area contributed by atoms with E-state index in [1.165, 1.54) is 7.11 Å². The maximum absolute atomic E-state index is 11.8. The van der Waals surface area contributed by atoms with Gasteiger partial charge in [-0.15, -0.1) is 0 Å². The number of esters is 1. The quantitative estimate of drug-likeness (QED) is 0.572. The molecule has 5 heteroatoms. The molecular formula is C14H30N2O3. The largest absolute Gasteiger partial charge is 0.468 e. The predicted octanol–water partition coefficient (Wildman–Crippen LogP) is 1.13. The number of hydrogen-bond donors (Lipinski definition) is 1. The Labute approximate surface area is 117 Å². The summed E-state index contributed by atoms with van der Waals surface area (Å²) < 4.78 is 9.99. The Kier molecular flexibility index (Phi) is 10.8. The van der Waals surface area contributed by atoms with Crippen molar-refractivity contribution in [3.8, 4) is 0 Å². The molecule has 0 aromatic rings. The maximum atomic E-state index is 11.8. The Hall–Kier alpha value is -0.650. The first-order chi connectivity index (χ1) is 9.04. The molecule has 114 valence electrons. The third-order valence-electron chi connectivity index (χ3n) is 2.80. The molecule has 0 aromatic carbocycles. The van der Waals surface area contributed by atoms with Gasteiger partial charge in [-0.3, -0.25) is 9.69 Å². The normalized spacial score (nSPS) is 13.0. The van der Waals surface area contributed by atoms with Crippen molar-refractivity contribution in [2.45, 2.75) is 33.2 Å². The number of hydrogen-bond acceptors (Lipinski definition) is 5. The van der Waals surface area contributed by atoms with Crippen LogP contribution in [0.1, 0.15) is 27.2 Å². The van der Waals surface area contributed by atoms with Crippen LogP contribution in [0.3, 0.4) is 0 Å². The summed E-state index contributed by atoms with van der Waals surface area (Å²) >= 11 is 0. The summed E-state index contributed by atoms with van der Waals surface area (Å²) in [6, 6.07) is -0.263. The van der Waals surface area contributed by atoms with Crippen molar-refractivity contribution >= 4 is 5.97 Å². The van der Waals surface area contributed by atoms with E-state index in [2.05, 4.69) is 31.0 Å². The second kappa shape index (κ2) is 11.2. The van der Waals surface area contributed by atoms with Crippen LogP contribution in [0.15, 0.2) is 0 Å². The van der Waals surface area contributed by atoms with Crippen molar-refractivity contribution in [1.82, 2.24) is 10.2 Å². The molecule has 0 aliphatic heterocycles. The molecular weight excluding hydrogens is 244 g/mol. The van der Waals surface area contributed by atoms with Crippen LogP contribution >= 0.6 is 0 Å². The molecule has 0 aliphatic carbocycles. The van der Waals surface area contributed by atoms with Crippen LogP contribution in [0.5, 0.6) is 0 Å². The average molecular weight is 274 g/mol. The molecule has 0 saturated carbocycles. The van der Waals surface area contributed by atoms with E-state index < -0.39 is 0 Å². The number of nitrogens with zero attached hydrogens (tertiary/aromatic N) is 1. The maximum Gasteiger partial charge on any atom is 0.324 e. The highest BCUT2D eigenvalue weighted by atomic mass is 16.5. The van der Waals surface area contributed by atoms with Crippen molar-refractivity contribution in [3.63, 3.8) is 0 Å². The first kappa shape index (κ1) is 18.4. The molecule has 0 radical (unpaired) electrons. The van der Waals surface area contributed by atoms with Gasteiger partial charge in [0.25, 0.3) is 0 Å². The van der Waals surface area contributed by atoms with E-state index in [0.717, 1.165) is 26.1 Å². The van der Waals surface area contributed by atoms with E-state index >= 15 is 0 Å². The molecule has 1 atom stereocenters. The number of carbonyl (C=O) groups excluding carboxylic acids is 1. The second-order valence-corrected chi connectivity index (χ2v) is 5.18. The molecule has 0 bridgehead atoms. The van der Waals surface area contributed by atoms with E-state index in [9.17, 15) is 4.79 Å². The first-order valence-electron chi connectivity index (χ1n) is 7.07. The van der Waals surface area contributed by atoms with E-state index in [-0.39, 0.29) is 12.0 Å². The first-order valence-corrected chi connectivity index (χ1v) is 7.07. The van der Waals surface area contributed by atoms with Crippen molar-refractivity contribution in [2.75, 3.05) is 47.0 Å². The van der Waals surface area contributed by atoms with E-state index in [0.29, 0.717) is 19.1 Å². The fourth-order valence-corrected chi connectivity index (χ4v) is 1.94. The highest BCUT2D eigenvalue weighted by Gasteiger charge is 2.21. The minimum atomic E-state index is -0.263. The third kappa shape index (κ3) is 8.97. The summed E-state index contributed by atoms with van der Waals surface area (Å²) in [6.45, 7) is 10.4. The number of nitrogens with one attached hydrogen (secondary N) is 1. The van der Waals surface area contributed by atoms with Crippen LogP contribution in [0.2, 0.25) is 0 Å². The minimum Gasteiger partial charge on any atom is -0.468 e. The highest BCUT2D eigenvalue weighted by Crippen LogP contribution is 2.02. The molecule has 0 saturated heterocycles. The van der Waals surface area contributed by atoms with Gasteiger partial charge in [0.05, 0.1) is 13.7 Å². The molecule has 0 amide bonds. The lowest BCUT2D eigenvalue weighted by Gasteiger charge is -2.28. The summed E-state index contributed by atoms with van der Waals surface area (Å²) in [7, 11) is 3.13. The van der Waals surface area contributed by atoms with Crippen LogP contribution in [-0.2, 0) is 14.3 Å². The number of rotatable bonds is 11. The Morgan fingerprint density at radius 3 is 2.42 bits per heavy atom. The van der Waals surface area contributed by atoms with Crippen LogP contribution in [0.4, 0.5) is 0 Å². The number of carbonyl (C=O) groups is 1. The Bertz CT molecular complexity index is 235. The number of methoxy groups -OCH3 is 2. The summed E-state index contributed by atoms with van der Waals surface area (Å²) in [6.07, 6.45) is 0.996. The average Bonchev–Trinajstić information content (AvgIpc) is 2.38. The van der Waals surface area contributed by atoms with Gasteiger partial charge in [-0.25, -0.2) is 0 Å². The van der Waals surface area contributed by atoms with Gasteiger partial charge in [-0.2, -0.15) is 0 Å². The SMILES string of the molecule is CCCNC(CN(CCOC)CC(C)C)C(=O)OC. The standard InChI is InChI=1S/C14H30N2O3/c1-6-7-15-13(14(17)19-5)11-16(8-9-18-4)10-12(2)3/h12-13,15H,6-11H2,1-5H3. The van der Waals surface area contributed by atoms with Gasteiger partial charge in [0.1, 0.15) is 6.04 Å². The minimum absolute atomic E-state index is 0.195. The topological polar surface area (TPSA) is 50.8 Å². The Balaban J connectivity index is 4.46. The predicted molar refractivity (Wildman–Crippen MR) is 77.3 cm³/mol. The molecule has 0 rings (SSSR count). The van der Waals surface area contributed by atoms with Gasteiger partial charge in [-0.1, -0.05) is 20.8 Å². The zero-order chi connectivity index (χ0) is 14.7. The van der Waals surface area contributed by atoms with Crippen molar-refractivity contribution in [3.05, 3.63) is 0 Å².